The summed E-state index contributed by atoms with van der Waals surface area (Å²) in [6.07, 6.45) is 0.787. The van der Waals surface area contributed by atoms with E-state index < -0.39 is 5.41 Å². The zero-order valence-corrected chi connectivity index (χ0v) is 9.74. The van der Waals surface area contributed by atoms with E-state index in [1.54, 1.807) is 21.0 Å². The van der Waals surface area contributed by atoms with Gasteiger partial charge in [0.25, 0.3) is 0 Å². The largest absolute Gasteiger partial charge is 0.392 e. The molecule has 0 radical (unpaired) electrons. The highest BCUT2D eigenvalue weighted by atomic mass is 32.1. The fourth-order valence-corrected chi connectivity index (χ4v) is 0.844. The van der Waals surface area contributed by atoms with Gasteiger partial charge in [-0.05, 0) is 20.3 Å². The number of carbonyl (C=O) groups is 1. The van der Waals surface area contributed by atoms with Crippen molar-refractivity contribution < 1.29 is 9.53 Å². The third-order valence-electron chi connectivity index (χ3n) is 1.99. The van der Waals surface area contributed by atoms with Crippen molar-refractivity contribution in [3.05, 3.63) is 0 Å². The Morgan fingerprint density at radius 2 is 2.14 bits per heavy atom. The highest BCUT2D eigenvalue weighted by Crippen LogP contribution is 2.14. The van der Waals surface area contributed by atoms with E-state index >= 15 is 0 Å². The number of carbonyl (C=O) groups excluding carboxylic acids is 1. The topological polar surface area (TPSA) is 64.3 Å². The van der Waals surface area contributed by atoms with Gasteiger partial charge in [-0.25, -0.2) is 0 Å². The molecule has 0 bridgehead atoms. The molecule has 0 aliphatic heterocycles. The molecule has 4 nitrogen and oxygen atoms in total. The highest BCUT2D eigenvalue weighted by Gasteiger charge is 2.30. The lowest BCUT2D eigenvalue weighted by atomic mass is 9.92. The smallest absolute Gasteiger partial charge is 0.232 e. The van der Waals surface area contributed by atoms with Gasteiger partial charge in [0.15, 0.2) is 0 Å². The Morgan fingerprint density at radius 3 is 2.57 bits per heavy atom. The van der Waals surface area contributed by atoms with E-state index in [2.05, 4.69) is 5.32 Å². The molecule has 14 heavy (non-hydrogen) atoms. The Kier molecular flexibility index (Phi) is 5.64. The predicted octanol–water partition coefficient (Wildman–Crippen LogP) is 0.451. The van der Waals surface area contributed by atoms with Gasteiger partial charge in [0.2, 0.25) is 5.91 Å². The lowest BCUT2D eigenvalue weighted by molar-refractivity contribution is -0.126. The normalized spacial score (nSPS) is 11.1. The lowest BCUT2D eigenvalue weighted by Crippen LogP contribution is -2.45. The maximum atomic E-state index is 11.5. The van der Waals surface area contributed by atoms with Crippen LogP contribution in [0, 0.1) is 5.41 Å². The van der Waals surface area contributed by atoms with Crippen molar-refractivity contribution in [3.63, 3.8) is 0 Å². The highest BCUT2D eigenvalue weighted by molar-refractivity contribution is 7.80. The molecule has 0 heterocycles. The average Bonchev–Trinajstić information content (AvgIpc) is 2.11. The van der Waals surface area contributed by atoms with Crippen molar-refractivity contribution in [2.45, 2.75) is 20.3 Å². The second-order valence-electron chi connectivity index (χ2n) is 3.59. The monoisotopic (exact) mass is 218 g/mol. The standard InChI is InChI=1S/C9H18N2O2S/c1-9(2,7(10)14)8(12)11-5-4-6-13-3/h4-6H2,1-3H3,(H2,10,14)(H,11,12). The van der Waals surface area contributed by atoms with E-state index in [1.165, 1.54) is 0 Å². The Labute approximate surface area is 90.2 Å². The van der Waals surface area contributed by atoms with E-state index in [4.69, 9.17) is 22.7 Å². The van der Waals surface area contributed by atoms with Crippen LogP contribution >= 0.6 is 12.2 Å². The van der Waals surface area contributed by atoms with Gasteiger partial charge < -0.3 is 15.8 Å². The van der Waals surface area contributed by atoms with E-state index in [0.29, 0.717) is 13.2 Å². The number of amides is 1. The first-order valence-corrected chi connectivity index (χ1v) is 4.91. The molecular formula is C9H18N2O2S. The summed E-state index contributed by atoms with van der Waals surface area (Å²) in [6, 6.07) is 0. The Morgan fingerprint density at radius 1 is 1.57 bits per heavy atom. The lowest BCUT2D eigenvalue weighted by Gasteiger charge is -2.21. The van der Waals surface area contributed by atoms with Crippen LogP contribution in [-0.4, -0.2) is 31.2 Å². The van der Waals surface area contributed by atoms with E-state index in [-0.39, 0.29) is 10.9 Å². The first-order chi connectivity index (χ1) is 6.42. The van der Waals surface area contributed by atoms with Crippen LogP contribution in [0.25, 0.3) is 0 Å². The number of ether oxygens (including phenoxy) is 1. The van der Waals surface area contributed by atoms with Crippen molar-refractivity contribution >= 4 is 23.1 Å². The van der Waals surface area contributed by atoms with Crippen LogP contribution in [-0.2, 0) is 9.53 Å². The van der Waals surface area contributed by atoms with Gasteiger partial charge >= 0.3 is 0 Å². The fraction of sp³-hybridized carbons (Fsp3) is 0.778. The first kappa shape index (κ1) is 13.3. The minimum atomic E-state index is -0.775. The molecule has 0 aliphatic carbocycles. The SMILES string of the molecule is COCCCNC(=O)C(C)(C)C(N)=S. The number of methoxy groups -OCH3 is 1. The summed E-state index contributed by atoms with van der Waals surface area (Å²) in [7, 11) is 1.63. The number of rotatable bonds is 6. The fourth-order valence-electron chi connectivity index (χ4n) is 0.751. The number of hydrogen-bond donors (Lipinski definition) is 2. The molecule has 0 unspecified atom stereocenters. The van der Waals surface area contributed by atoms with Crippen molar-refractivity contribution in [1.29, 1.82) is 0 Å². The molecule has 0 aliphatic rings. The Bertz CT molecular complexity index is 217. The molecule has 0 rings (SSSR count). The van der Waals surface area contributed by atoms with Crippen LogP contribution in [0.3, 0.4) is 0 Å². The first-order valence-electron chi connectivity index (χ1n) is 4.50. The molecule has 0 atom stereocenters. The van der Waals surface area contributed by atoms with E-state index in [9.17, 15) is 4.79 Å². The van der Waals surface area contributed by atoms with Crippen LogP contribution in [0.2, 0.25) is 0 Å². The summed E-state index contributed by atoms with van der Waals surface area (Å²) in [5.74, 6) is -0.138. The molecule has 0 saturated carbocycles. The van der Waals surface area contributed by atoms with Crippen molar-refractivity contribution in [1.82, 2.24) is 5.32 Å². The maximum absolute atomic E-state index is 11.5. The van der Waals surface area contributed by atoms with Crippen molar-refractivity contribution in [3.8, 4) is 0 Å². The number of nitrogens with one attached hydrogen (secondary N) is 1. The van der Waals surface area contributed by atoms with E-state index in [1.807, 2.05) is 0 Å². The minimum absolute atomic E-state index is 0.138. The summed E-state index contributed by atoms with van der Waals surface area (Å²) in [5, 5.41) is 2.75. The quantitative estimate of drug-likeness (QED) is 0.502. The van der Waals surface area contributed by atoms with Crippen molar-refractivity contribution in [2.75, 3.05) is 20.3 Å². The molecule has 5 heteroatoms. The molecule has 0 aromatic rings. The third-order valence-corrected chi connectivity index (χ3v) is 2.50. The summed E-state index contributed by atoms with van der Waals surface area (Å²) in [4.78, 5) is 11.8. The van der Waals surface area contributed by atoms with Crippen LogP contribution in [0.1, 0.15) is 20.3 Å². The number of hydrogen-bond acceptors (Lipinski definition) is 3. The molecule has 82 valence electrons. The van der Waals surface area contributed by atoms with Gasteiger partial charge in [-0.2, -0.15) is 0 Å². The molecule has 0 aromatic heterocycles. The minimum Gasteiger partial charge on any atom is -0.392 e. The van der Waals surface area contributed by atoms with Gasteiger partial charge in [0.1, 0.15) is 0 Å². The molecule has 0 fully saturated rings. The molecular weight excluding hydrogens is 200 g/mol. The summed E-state index contributed by atoms with van der Waals surface area (Å²) >= 11 is 4.80. The van der Waals surface area contributed by atoms with Crippen LogP contribution in [0.5, 0.6) is 0 Å². The predicted molar refractivity (Wildman–Crippen MR) is 60.1 cm³/mol. The molecule has 1 amide bonds. The molecule has 0 aromatic carbocycles. The van der Waals surface area contributed by atoms with Gasteiger partial charge in [-0.15, -0.1) is 0 Å². The van der Waals surface area contributed by atoms with Crippen LogP contribution in [0.4, 0.5) is 0 Å². The summed E-state index contributed by atoms with van der Waals surface area (Å²) in [6.45, 7) is 4.63. The Hall–Kier alpha value is -0.680. The second-order valence-corrected chi connectivity index (χ2v) is 4.03. The molecule has 0 spiro atoms. The Balaban J connectivity index is 3.90. The van der Waals surface area contributed by atoms with Gasteiger partial charge in [0, 0.05) is 20.3 Å². The summed E-state index contributed by atoms with van der Waals surface area (Å²) < 4.78 is 4.85. The molecule has 3 N–H and O–H groups in total. The number of thiocarbonyl (C=S) groups is 1. The van der Waals surface area contributed by atoms with E-state index in [0.717, 1.165) is 6.42 Å². The number of nitrogens with two attached hydrogens (primary N) is 1. The third kappa shape index (κ3) is 4.02. The zero-order valence-electron chi connectivity index (χ0n) is 8.92. The van der Waals surface area contributed by atoms with Gasteiger partial charge in [-0.3, -0.25) is 4.79 Å². The zero-order chi connectivity index (χ0) is 11.2. The summed E-state index contributed by atoms with van der Waals surface area (Å²) in [5.41, 5.74) is 4.67. The van der Waals surface area contributed by atoms with Crippen LogP contribution in [0.15, 0.2) is 0 Å². The van der Waals surface area contributed by atoms with Gasteiger partial charge in [0.05, 0.1) is 10.4 Å². The molecule has 0 saturated heterocycles. The average molecular weight is 218 g/mol. The second kappa shape index (κ2) is 5.93. The maximum Gasteiger partial charge on any atom is 0.232 e. The van der Waals surface area contributed by atoms with Crippen molar-refractivity contribution in [2.24, 2.45) is 11.1 Å². The van der Waals surface area contributed by atoms with Crippen LogP contribution < -0.4 is 11.1 Å². The van der Waals surface area contributed by atoms with Gasteiger partial charge in [-0.1, -0.05) is 12.2 Å².